The van der Waals surface area contributed by atoms with Crippen LogP contribution >= 0.6 is 11.3 Å². The molecule has 1 aromatic rings. The lowest BCUT2D eigenvalue weighted by Crippen LogP contribution is -2.37. The van der Waals surface area contributed by atoms with E-state index in [2.05, 4.69) is 10.2 Å². The van der Waals surface area contributed by atoms with E-state index in [0.717, 1.165) is 5.01 Å². The lowest BCUT2D eigenvalue weighted by molar-refractivity contribution is -0.125. The van der Waals surface area contributed by atoms with Gasteiger partial charge in [-0.05, 0) is 27.7 Å². The molecule has 0 fully saturated rings. The van der Waals surface area contributed by atoms with Gasteiger partial charge >= 0.3 is 6.09 Å². The van der Waals surface area contributed by atoms with Gasteiger partial charge in [0.25, 0.3) is 0 Å². The number of nitrogens with zero attached hydrogens (tertiary/aromatic N) is 3. The summed E-state index contributed by atoms with van der Waals surface area (Å²) >= 11 is 1.26. The summed E-state index contributed by atoms with van der Waals surface area (Å²) in [6.45, 7) is 6.69. The van der Waals surface area contributed by atoms with Crippen LogP contribution in [0.15, 0.2) is 0 Å². The molecule has 1 unspecified atom stereocenters. The van der Waals surface area contributed by atoms with E-state index in [4.69, 9.17) is 9.84 Å². The highest BCUT2D eigenvalue weighted by Crippen LogP contribution is 2.26. The van der Waals surface area contributed by atoms with Crippen molar-refractivity contribution in [2.24, 2.45) is 0 Å². The van der Waals surface area contributed by atoms with Crippen molar-refractivity contribution in [3.05, 3.63) is 10.0 Å². The van der Waals surface area contributed by atoms with Crippen molar-refractivity contribution in [3.8, 4) is 0 Å². The van der Waals surface area contributed by atoms with Gasteiger partial charge in [0.15, 0.2) is 0 Å². The summed E-state index contributed by atoms with van der Waals surface area (Å²) in [4.78, 5) is 11.8. The van der Waals surface area contributed by atoms with Crippen LogP contribution in [0, 0.1) is 6.92 Å². The molecule has 0 spiro atoms. The van der Waals surface area contributed by atoms with Crippen molar-refractivity contribution >= 4 is 17.4 Å². The first kappa shape index (κ1) is 15.8. The fourth-order valence-electron chi connectivity index (χ4n) is 1.36. The standard InChI is InChI=1S/C11H19N3O4S/c1-7-12-13-9(19-7)8(5-6-15)14(17)10(16)18-11(2,3)4/h8,15,17H,5-6H2,1-4H3. The molecule has 0 aromatic carbocycles. The Labute approximate surface area is 115 Å². The van der Waals surface area contributed by atoms with Crippen molar-refractivity contribution in [1.29, 1.82) is 0 Å². The molecular weight excluding hydrogens is 270 g/mol. The third-order valence-electron chi connectivity index (χ3n) is 2.11. The van der Waals surface area contributed by atoms with Crippen molar-refractivity contribution in [1.82, 2.24) is 15.3 Å². The summed E-state index contributed by atoms with van der Waals surface area (Å²) in [7, 11) is 0. The largest absolute Gasteiger partial charge is 0.442 e. The Hall–Kier alpha value is -1.25. The molecular formula is C11H19N3O4S. The van der Waals surface area contributed by atoms with Crippen LogP contribution < -0.4 is 0 Å². The van der Waals surface area contributed by atoms with Gasteiger partial charge in [-0.25, -0.2) is 4.79 Å². The Morgan fingerprint density at radius 2 is 2.11 bits per heavy atom. The molecule has 0 aliphatic carbocycles. The number of ether oxygens (including phenoxy) is 1. The second-order valence-electron chi connectivity index (χ2n) is 5.01. The van der Waals surface area contributed by atoms with E-state index >= 15 is 0 Å². The topological polar surface area (TPSA) is 95.8 Å². The van der Waals surface area contributed by atoms with Crippen LogP contribution in [0.1, 0.15) is 43.2 Å². The number of aryl methyl sites for hydroxylation is 1. The van der Waals surface area contributed by atoms with E-state index in [1.165, 1.54) is 11.3 Å². The molecule has 0 aliphatic heterocycles. The van der Waals surface area contributed by atoms with Crippen LogP contribution in [0.2, 0.25) is 0 Å². The first-order valence-electron chi connectivity index (χ1n) is 5.86. The van der Waals surface area contributed by atoms with Gasteiger partial charge in [0, 0.05) is 13.0 Å². The number of hydrogen-bond donors (Lipinski definition) is 2. The molecule has 2 N–H and O–H groups in total. The van der Waals surface area contributed by atoms with Crippen LogP contribution in [0.25, 0.3) is 0 Å². The summed E-state index contributed by atoms with van der Waals surface area (Å²) in [5.74, 6) is 0. The van der Waals surface area contributed by atoms with Crippen molar-refractivity contribution in [2.45, 2.75) is 45.8 Å². The van der Waals surface area contributed by atoms with Crippen molar-refractivity contribution in [3.63, 3.8) is 0 Å². The number of hydrogen-bond acceptors (Lipinski definition) is 7. The molecule has 0 saturated carbocycles. The maximum atomic E-state index is 11.8. The second kappa shape index (κ2) is 6.27. The van der Waals surface area contributed by atoms with Crippen molar-refractivity contribution < 1.29 is 19.8 Å². The number of aromatic nitrogens is 2. The molecule has 1 rings (SSSR count). The zero-order valence-corrected chi connectivity index (χ0v) is 12.3. The van der Waals surface area contributed by atoms with E-state index in [-0.39, 0.29) is 13.0 Å². The zero-order valence-electron chi connectivity index (χ0n) is 11.5. The highest BCUT2D eigenvalue weighted by Gasteiger charge is 2.30. The first-order chi connectivity index (χ1) is 8.74. The average molecular weight is 289 g/mol. The number of rotatable bonds is 4. The SMILES string of the molecule is Cc1nnc(C(CCO)N(O)C(=O)OC(C)(C)C)s1. The van der Waals surface area contributed by atoms with E-state index in [1.54, 1.807) is 27.7 Å². The molecule has 7 nitrogen and oxygen atoms in total. The van der Waals surface area contributed by atoms with Crippen LogP contribution in [0.5, 0.6) is 0 Å². The van der Waals surface area contributed by atoms with Gasteiger partial charge in [0.2, 0.25) is 0 Å². The number of aliphatic hydroxyl groups is 1. The minimum absolute atomic E-state index is 0.157. The van der Waals surface area contributed by atoms with Gasteiger partial charge in [0.1, 0.15) is 21.7 Å². The summed E-state index contributed by atoms with van der Waals surface area (Å²) in [6.07, 6.45) is -0.719. The molecule has 0 bridgehead atoms. The van der Waals surface area contributed by atoms with Crippen LogP contribution in [-0.4, -0.2) is 43.9 Å². The predicted molar refractivity (Wildman–Crippen MR) is 68.9 cm³/mol. The number of hydroxylamine groups is 2. The van der Waals surface area contributed by atoms with E-state index in [9.17, 15) is 10.0 Å². The monoisotopic (exact) mass is 289 g/mol. The van der Waals surface area contributed by atoms with E-state index in [0.29, 0.717) is 10.1 Å². The number of amides is 1. The molecule has 1 amide bonds. The fraction of sp³-hybridized carbons (Fsp3) is 0.727. The number of carbonyl (C=O) groups is 1. The molecule has 1 atom stereocenters. The lowest BCUT2D eigenvalue weighted by atomic mass is 10.2. The number of aliphatic hydroxyl groups excluding tert-OH is 1. The summed E-state index contributed by atoms with van der Waals surface area (Å²) in [5.41, 5.74) is -0.709. The highest BCUT2D eigenvalue weighted by molar-refractivity contribution is 7.11. The Kier molecular flexibility index (Phi) is 5.21. The molecule has 1 heterocycles. The van der Waals surface area contributed by atoms with E-state index < -0.39 is 17.7 Å². The Morgan fingerprint density at radius 3 is 2.53 bits per heavy atom. The fourth-order valence-corrected chi connectivity index (χ4v) is 2.17. The van der Waals surface area contributed by atoms with Gasteiger partial charge in [-0.1, -0.05) is 11.3 Å². The van der Waals surface area contributed by atoms with Crippen LogP contribution in [0.4, 0.5) is 4.79 Å². The summed E-state index contributed by atoms with van der Waals surface area (Å²) in [6, 6.07) is -0.758. The molecule has 8 heteroatoms. The first-order valence-corrected chi connectivity index (χ1v) is 6.68. The molecule has 0 radical (unpaired) electrons. The lowest BCUT2D eigenvalue weighted by Gasteiger charge is -2.27. The Morgan fingerprint density at radius 1 is 1.47 bits per heavy atom. The Bertz CT molecular complexity index is 430. The smallest absolute Gasteiger partial charge is 0.434 e. The molecule has 1 aromatic heterocycles. The molecule has 19 heavy (non-hydrogen) atoms. The molecule has 108 valence electrons. The third kappa shape index (κ3) is 4.73. The van der Waals surface area contributed by atoms with Crippen LogP contribution in [-0.2, 0) is 4.74 Å². The van der Waals surface area contributed by atoms with Gasteiger partial charge in [-0.3, -0.25) is 5.21 Å². The number of carbonyl (C=O) groups excluding carboxylic acids is 1. The minimum Gasteiger partial charge on any atom is -0.442 e. The minimum atomic E-state index is -0.876. The van der Waals surface area contributed by atoms with E-state index in [1.807, 2.05) is 0 Å². The van der Waals surface area contributed by atoms with Gasteiger partial charge in [-0.2, -0.15) is 5.06 Å². The maximum absolute atomic E-state index is 11.8. The average Bonchev–Trinajstić information content (AvgIpc) is 2.69. The summed E-state index contributed by atoms with van der Waals surface area (Å²) < 4.78 is 5.07. The van der Waals surface area contributed by atoms with Gasteiger partial charge in [-0.15, -0.1) is 10.2 Å². The third-order valence-corrected chi connectivity index (χ3v) is 3.04. The quantitative estimate of drug-likeness (QED) is 0.649. The maximum Gasteiger partial charge on any atom is 0.434 e. The van der Waals surface area contributed by atoms with Gasteiger partial charge < -0.3 is 9.84 Å². The molecule has 0 aliphatic rings. The predicted octanol–water partition coefficient (Wildman–Crippen LogP) is 1.90. The normalized spacial score (nSPS) is 13.2. The summed E-state index contributed by atoms with van der Waals surface area (Å²) in [5, 5.41) is 28.3. The van der Waals surface area contributed by atoms with Crippen LogP contribution in [0.3, 0.4) is 0 Å². The van der Waals surface area contributed by atoms with Crippen molar-refractivity contribution in [2.75, 3.05) is 6.61 Å². The zero-order chi connectivity index (χ0) is 14.6. The second-order valence-corrected chi connectivity index (χ2v) is 6.23. The highest BCUT2D eigenvalue weighted by atomic mass is 32.1. The molecule has 0 saturated heterocycles. The van der Waals surface area contributed by atoms with Gasteiger partial charge in [0.05, 0.1) is 0 Å². The Balaban J connectivity index is 2.84.